The number of aromatic nitrogens is 1. The zero-order valence-electron chi connectivity index (χ0n) is 13.9. The predicted octanol–water partition coefficient (Wildman–Crippen LogP) is 0.200. The summed E-state index contributed by atoms with van der Waals surface area (Å²) in [6.07, 6.45) is 1.87. The minimum atomic E-state index is -0.576. The van der Waals surface area contributed by atoms with Crippen molar-refractivity contribution in [2.75, 3.05) is 37.6 Å². The molecule has 8 heteroatoms. The number of hydrogen-bond donors (Lipinski definition) is 2. The van der Waals surface area contributed by atoms with Gasteiger partial charge in [-0.2, -0.15) is 0 Å². The molecule has 2 rings (SSSR count). The Labute approximate surface area is 140 Å². The fourth-order valence-corrected chi connectivity index (χ4v) is 3.14. The number of rotatable bonds is 5. The molecule has 1 atom stereocenters. The van der Waals surface area contributed by atoms with Gasteiger partial charge in [-0.15, -0.1) is 11.3 Å². The molecule has 23 heavy (non-hydrogen) atoms. The molecule has 1 aliphatic rings. The summed E-state index contributed by atoms with van der Waals surface area (Å²) < 4.78 is 0. The number of thiazole rings is 1. The second-order valence-corrected chi connectivity index (χ2v) is 7.32. The first-order chi connectivity index (χ1) is 10.9. The van der Waals surface area contributed by atoms with Gasteiger partial charge in [0, 0.05) is 37.3 Å². The molecule has 0 unspecified atom stereocenters. The molecule has 2 amide bonds. The fourth-order valence-electron chi connectivity index (χ4n) is 2.33. The Balaban J connectivity index is 1.76. The number of nitrogens with one attached hydrogen (secondary N) is 1. The molecule has 0 aliphatic carbocycles. The zero-order valence-corrected chi connectivity index (χ0v) is 14.7. The van der Waals surface area contributed by atoms with Gasteiger partial charge in [-0.25, -0.2) is 4.98 Å². The molecule has 0 aromatic carbocycles. The highest BCUT2D eigenvalue weighted by atomic mass is 32.1. The Morgan fingerprint density at radius 3 is 2.52 bits per heavy atom. The zero-order chi connectivity index (χ0) is 17.0. The molecule has 1 saturated heterocycles. The summed E-state index contributed by atoms with van der Waals surface area (Å²) >= 11 is 1.66. The van der Waals surface area contributed by atoms with Crippen molar-refractivity contribution >= 4 is 28.3 Å². The highest BCUT2D eigenvalue weighted by molar-refractivity contribution is 7.15. The number of nitrogens with zero attached hydrogens (tertiary/aromatic N) is 3. The topological polar surface area (TPSA) is 91.6 Å². The van der Waals surface area contributed by atoms with E-state index in [0.29, 0.717) is 13.1 Å². The van der Waals surface area contributed by atoms with Gasteiger partial charge in [-0.3, -0.25) is 9.59 Å². The summed E-state index contributed by atoms with van der Waals surface area (Å²) in [6, 6.07) is -0.576. The maximum absolute atomic E-state index is 12.2. The van der Waals surface area contributed by atoms with E-state index in [1.54, 1.807) is 16.2 Å². The molecule has 7 nitrogen and oxygen atoms in total. The Morgan fingerprint density at radius 1 is 1.35 bits per heavy atom. The molecule has 3 N–H and O–H groups in total. The number of carbonyl (C=O) groups excluding carboxylic acids is 2. The lowest BCUT2D eigenvalue weighted by atomic mass is 10.1. The van der Waals surface area contributed by atoms with E-state index < -0.39 is 6.04 Å². The molecule has 0 saturated carbocycles. The molecule has 1 aliphatic heterocycles. The smallest absolute Gasteiger partial charge is 0.242 e. The number of amides is 2. The standard InChI is InChI=1S/C15H25N5O2S/c1-10(2)13(16)14(22)17-9-12(21)19-4-6-20(7-5-19)15-18-8-11(3)23-15/h8,10,13H,4-7,9,16H2,1-3H3,(H,17,22)/t13-/m0/s1. The number of piperazine rings is 1. The number of aryl methyl sites for hydroxylation is 1. The summed E-state index contributed by atoms with van der Waals surface area (Å²) in [5, 5.41) is 3.63. The molecule has 128 valence electrons. The van der Waals surface area contributed by atoms with Gasteiger partial charge in [0.2, 0.25) is 11.8 Å². The lowest BCUT2D eigenvalue weighted by molar-refractivity contribution is -0.133. The van der Waals surface area contributed by atoms with Crippen LogP contribution in [-0.2, 0) is 9.59 Å². The average Bonchev–Trinajstić information content (AvgIpc) is 2.98. The molecule has 2 heterocycles. The maximum atomic E-state index is 12.2. The fraction of sp³-hybridized carbons (Fsp3) is 0.667. The lowest BCUT2D eigenvalue weighted by Crippen LogP contribution is -2.52. The third-order valence-electron chi connectivity index (χ3n) is 3.95. The highest BCUT2D eigenvalue weighted by Crippen LogP contribution is 2.22. The van der Waals surface area contributed by atoms with E-state index in [1.165, 1.54) is 4.88 Å². The average molecular weight is 339 g/mol. The van der Waals surface area contributed by atoms with E-state index in [4.69, 9.17) is 5.73 Å². The molecule has 1 aromatic rings. The third kappa shape index (κ3) is 4.65. The van der Waals surface area contributed by atoms with Crippen LogP contribution < -0.4 is 16.0 Å². The van der Waals surface area contributed by atoms with E-state index >= 15 is 0 Å². The third-order valence-corrected chi connectivity index (χ3v) is 4.92. The van der Waals surface area contributed by atoms with Crippen molar-refractivity contribution in [1.82, 2.24) is 15.2 Å². The van der Waals surface area contributed by atoms with Crippen molar-refractivity contribution in [3.05, 3.63) is 11.1 Å². The van der Waals surface area contributed by atoms with Crippen molar-refractivity contribution in [3.63, 3.8) is 0 Å². The van der Waals surface area contributed by atoms with Crippen molar-refractivity contribution in [2.45, 2.75) is 26.8 Å². The molecular weight excluding hydrogens is 314 g/mol. The van der Waals surface area contributed by atoms with Crippen LogP contribution in [0.1, 0.15) is 18.7 Å². The normalized spacial score (nSPS) is 16.6. The molecule has 0 bridgehead atoms. The van der Waals surface area contributed by atoms with Gasteiger partial charge in [-0.05, 0) is 12.8 Å². The molecule has 1 aromatic heterocycles. The van der Waals surface area contributed by atoms with Gasteiger partial charge in [0.1, 0.15) is 0 Å². The first-order valence-electron chi connectivity index (χ1n) is 7.87. The minimum Gasteiger partial charge on any atom is -0.346 e. The van der Waals surface area contributed by atoms with Crippen LogP contribution in [0.25, 0.3) is 0 Å². The largest absolute Gasteiger partial charge is 0.346 e. The van der Waals surface area contributed by atoms with Crippen LogP contribution in [0, 0.1) is 12.8 Å². The lowest BCUT2D eigenvalue weighted by Gasteiger charge is -2.34. The van der Waals surface area contributed by atoms with E-state index in [-0.39, 0.29) is 24.3 Å². The van der Waals surface area contributed by atoms with Gasteiger partial charge >= 0.3 is 0 Å². The van der Waals surface area contributed by atoms with E-state index in [0.717, 1.165) is 18.2 Å². The van der Waals surface area contributed by atoms with Crippen molar-refractivity contribution in [3.8, 4) is 0 Å². The number of carbonyl (C=O) groups is 2. The van der Waals surface area contributed by atoms with E-state index in [1.807, 2.05) is 27.0 Å². The monoisotopic (exact) mass is 339 g/mol. The van der Waals surface area contributed by atoms with Crippen LogP contribution in [0.5, 0.6) is 0 Å². The SMILES string of the molecule is Cc1cnc(N2CCN(C(=O)CNC(=O)[C@@H](N)C(C)C)CC2)s1. The van der Waals surface area contributed by atoms with Crippen LogP contribution in [0.3, 0.4) is 0 Å². The second kappa shape index (κ2) is 7.74. The Bertz CT molecular complexity index is 552. The van der Waals surface area contributed by atoms with Gasteiger partial charge in [-0.1, -0.05) is 13.8 Å². The Hall–Kier alpha value is -1.67. The predicted molar refractivity (Wildman–Crippen MR) is 91.5 cm³/mol. The molecular formula is C15H25N5O2S. The summed E-state index contributed by atoms with van der Waals surface area (Å²) in [7, 11) is 0. The number of nitrogens with two attached hydrogens (primary N) is 1. The summed E-state index contributed by atoms with van der Waals surface area (Å²) in [4.78, 5) is 33.5. The minimum absolute atomic E-state index is 0.00954. The summed E-state index contributed by atoms with van der Waals surface area (Å²) in [6.45, 7) is 8.61. The van der Waals surface area contributed by atoms with Gasteiger partial charge in [0.15, 0.2) is 5.13 Å². The molecule has 0 radical (unpaired) electrons. The van der Waals surface area contributed by atoms with Crippen LogP contribution in [0.15, 0.2) is 6.20 Å². The van der Waals surface area contributed by atoms with Crippen molar-refractivity contribution < 1.29 is 9.59 Å². The van der Waals surface area contributed by atoms with Gasteiger partial charge in [0.05, 0.1) is 12.6 Å². The molecule has 1 fully saturated rings. The van der Waals surface area contributed by atoms with Gasteiger partial charge in [0.25, 0.3) is 0 Å². The van der Waals surface area contributed by atoms with E-state index in [9.17, 15) is 9.59 Å². The summed E-state index contributed by atoms with van der Waals surface area (Å²) in [5.74, 6) is -0.287. The van der Waals surface area contributed by atoms with Gasteiger partial charge < -0.3 is 20.9 Å². The van der Waals surface area contributed by atoms with Crippen LogP contribution in [-0.4, -0.2) is 60.5 Å². The first-order valence-corrected chi connectivity index (χ1v) is 8.68. The summed E-state index contributed by atoms with van der Waals surface area (Å²) in [5.41, 5.74) is 5.76. The van der Waals surface area contributed by atoms with Crippen LogP contribution in [0.2, 0.25) is 0 Å². The van der Waals surface area contributed by atoms with Crippen LogP contribution in [0.4, 0.5) is 5.13 Å². The maximum Gasteiger partial charge on any atom is 0.242 e. The number of hydrogen-bond acceptors (Lipinski definition) is 6. The van der Waals surface area contributed by atoms with Crippen molar-refractivity contribution in [2.24, 2.45) is 11.7 Å². The first kappa shape index (κ1) is 17.7. The quantitative estimate of drug-likeness (QED) is 0.800. The highest BCUT2D eigenvalue weighted by Gasteiger charge is 2.24. The van der Waals surface area contributed by atoms with E-state index in [2.05, 4.69) is 15.2 Å². The van der Waals surface area contributed by atoms with Crippen molar-refractivity contribution in [1.29, 1.82) is 0 Å². The van der Waals surface area contributed by atoms with Crippen LogP contribution >= 0.6 is 11.3 Å². The molecule has 0 spiro atoms. The Morgan fingerprint density at radius 2 is 2.00 bits per heavy atom. The number of anilines is 1. The second-order valence-electron chi connectivity index (χ2n) is 6.11. The Kier molecular flexibility index (Phi) is 5.95.